The Hall–Kier alpha value is -0.820. The molecule has 1 saturated heterocycles. The van der Waals surface area contributed by atoms with Gasteiger partial charge in [0.2, 0.25) is 0 Å². The highest BCUT2D eigenvalue weighted by Gasteiger charge is 2.42. The van der Waals surface area contributed by atoms with Gasteiger partial charge >= 0.3 is 12.1 Å². The highest BCUT2D eigenvalue weighted by atomic mass is 19.4. The fourth-order valence-corrected chi connectivity index (χ4v) is 1.63. The summed E-state index contributed by atoms with van der Waals surface area (Å²) in [4.78, 5) is 10.7. The molecule has 4 nitrogen and oxygen atoms in total. The zero-order valence-electron chi connectivity index (χ0n) is 8.91. The van der Waals surface area contributed by atoms with Crippen LogP contribution in [0.15, 0.2) is 0 Å². The maximum Gasteiger partial charge on any atom is 0.471 e. The number of ether oxygens (including phenoxy) is 1. The molecule has 0 bridgehead atoms. The van der Waals surface area contributed by atoms with Crippen LogP contribution in [0.1, 0.15) is 20.3 Å². The number of alkyl halides is 3. The lowest BCUT2D eigenvalue weighted by atomic mass is 9.91. The van der Waals surface area contributed by atoms with E-state index in [2.05, 4.69) is 0 Å². The van der Waals surface area contributed by atoms with Crippen molar-refractivity contribution in [3.63, 3.8) is 0 Å². The third-order valence-corrected chi connectivity index (χ3v) is 2.78. The minimum absolute atomic E-state index is 0.0344. The molecule has 0 aromatic rings. The second-order valence-electron chi connectivity index (χ2n) is 3.97. The fraction of sp³-hybridized carbons (Fsp3) is 0.889. The number of aliphatic hydroxyl groups excluding tert-OH is 1. The van der Waals surface area contributed by atoms with Gasteiger partial charge in [-0.1, -0.05) is 6.92 Å². The largest absolute Gasteiger partial charge is 0.471 e. The van der Waals surface area contributed by atoms with E-state index in [0.29, 0.717) is 0 Å². The zero-order valence-corrected chi connectivity index (χ0v) is 8.91. The van der Waals surface area contributed by atoms with Gasteiger partial charge in [0.1, 0.15) is 0 Å². The zero-order chi connectivity index (χ0) is 12.5. The number of carbonyl (C=O) groups is 1. The smallest absolute Gasteiger partial charge is 0.368 e. The molecule has 0 aromatic carbocycles. The van der Waals surface area contributed by atoms with Crippen LogP contribution >= 0.6 is 0 Å². The number of halogens is 3. The number of hydrogen-bond donors (Lipinski definition) is 2. The van der Waals surface area contributed by atoms with E-state index in [1.807, 2.05) is 5.32 Å². The van der Waals surface area contributed by atoms with Crippen LogP contribution in [-0.4, -0.2) is 35.6 Å². The van der Waals surface area contributed by atoms with Crippen LogP contribution in [0, 0.1) is 5.92 Å². The SMILES string of the molecule is CC1OC(O)CC(NC(=O)C(F)(F)F)C1C. The molecule has 1 aliphatic rings. The Labute approximate surface area is 90.8 Å². The summed E-state index contributed by atoms with van der Waals surface area (Å²) >= 11 is 0. The van der Waals surface area contributed by atoms with Gasteiger partial charge in [-0.15, -0.1) is 0 Å². The molecule has 2 N–H and O–H groups in total. The Morgan fingerprint density at radius 1 is 1.44 bits per heavy atom. The van der Waals surface area contributed by atoms with Crippen LogP contribution < -0.4 is 5.32 Å². The standard InChI is InChI=1S/C9H14F3NO3/c1-4-5(2)16-7(14)3-6(4)13-8(15)9(10,11)12/h4-7,14H,3H2,1-2H3,(H,13,15). The van der Waals surface area contributed by atoms with Crippen molar-refractivity contribution >= 4 is 5.91 Å². The number of carbonyl (C=O) groups excluding carboxylic acids is 1. The van der Waals surface area contributed by atoms with Gasteiger partial charge in [-0.25, -0.2) is 0 Å². The molecular formula is C9H14F3NO3. The molecule has 1 heterocycles. The first kappa shape index (κ1) is 13.2. The van der Waals surface area contributed by atoms with E-state index in [0.717, 1.165) is 0 Å². The Bertz CT molecular complexity index is 269. The normalized spacial score (nSPS) is 35.9. The molecule has 94 valence electrons. The summed E-state index contributed by atoms with van der Waals surface area (Å²) in [5, 5.41) is 11.1. The summed E-state index contributed by atoms with van der Waals surface area (Å²) in [6, 6.07) is -0.729. The van der Waals surface area contributed by atoms with Crippen LogP contribution in [0.25, 0.3) is 0 Å². The van der Waals surface area contributed by atoms with E-state index in [4.69, 9.17) is 4.74 Å². The van der Waals surface area contributed by atoms with E-state index >= 15 is 0 Å². The first-order valence-electron chi connectivity index (χ1n) is 4.93. The average molecular weight is 241 g/mol. The number of hydrogen-bond acceptors (Lipinski definition) is 3. The van der Waals surface area contributed by atoms with Crippen LogP contribution in [0.2, 0.25) is 0 Å². The van der Waals surface area contributed by atoms with Gasteiger partial charge in [0.15, 0.2) is 6.29 Å². The highest BCUT2D eigenvalue weighted by Crippen LogP contribution is 2.25. The first-order valence-corrected chi connectivity index (χ1v) is 4.93. The molecule has 0 aliphatic carbocycles. The minimum atomic E-state index is -4.90. The topological polar surface area (TPSA) is 58.6 Å². The van der Waals surface area contributed by atoms with Crippen LogP contribution in [0.3, 0.4) is 0 Å². The summed E-state index contributed by atoms with van der Waals surface area (Å²) in [6.45, 7) is 3.30. The molecule has 16 heavy (non-hydrogen) atoms. The van der Waals surface area contributed by atoms with Gasteiger partial charge in [0.05, 0.1) is 6.10 Å². The first-order chi connectivity index (χ1) is 7.21. The van der Waals surface area contributed by atoms with Gasteiger partial charge in [0, 0.05) is 18.4 Å². The number of aliphatic hydroxyl groups is 1. The summed E-state index contributed by atoms with van der Waals surface area (Å²) < 4.78 is 41.1. The monoisotopic (exact) mass is 241 g/mol. The predicted octanol–water partition coefficient (Wildman–Crippen LogP) is 0.797. The molecule has 0 aromatic heterocycles. The molecule has 1 fully saturated rings. The molecule has 1 rings (SSSR count). The Balaban J connectivity index is 2.62. The number of rotatable bonds is 1. The Kier molecular flexibility index (Phi) is 3.80. The van der Waals surface area contributed by atoms with E-state index in [1.54, 1.807) is 13.8 Å². The quantitative estimate of drug-likeness (QED) is 0.713. The van der Waals surface area contributed by atoms with E-state index in [-0.39, 0.29) is 12.3 Å². The number of amides is 1. The molecule has 4 atom stereocenters. The summed E-state index contributed by atoms with van der Waals surface area (Å²) in [5.74, 6) is -2.26. The van der Waals surface area contributed by atoms with Crippen molar-refractivity contribution in [3.8, 4) is 0 Å². The third kappa shape index (κ3) is 3.08. The van der Waals surface area contributed by atoms with Gasteiger partial charge in [-0.2, -0.15) is 13.2 Å². The molecule has 0 radical (unpaired) electrons. The summed E-state index contributed by atoms with van der Waals surface area (Å²) in [5.41, 5.74) is 0. The maximum atomic E-state index is 12.0. The van der Waals surface area contributed by atoms with Crippen LogP contribution in [0.5, 0.6) is 0 Å². The molecule has 7 heteroatoms. The van der Waals surface area contributed by atoms with Gasteiger partial charge in [-0.05, 0) is 6.92 Å². The van der Waals surface area contributed by atoms with Gasteiger partial charge < -0.3 is 15.2 Å². The van der Waals surface area contributed by atoms with Crippen molar-refractivity contribution in [2.45, 2.75) is 44.9 Å². The lowest BCUT2D eigenvalue weighted by Gasteiger charge is -2.37. The summed E-state index contributed by atoms with van der Waals surface area (Å²) in [7, 11) is 0. The average Bonchev–Trinajstić information content (AvgIpc) is 2.11. The molecule has 1 aliphatic heterocycles. The molecule has 0 saturated carbocycles. The maximum absolute atomic E-state index is 12.0. The number of nitrogens with one attached hydrogen (secondary N) is 1. The van der Waals surface area contributed by atoms with Gasteiger partial charge in [-0.3, -0.25) is 4.79 Å². The van der Waals surface area contributed by atoms with E-state index in [9.17, 15) is 23.1 Å². The van der Waals surface area contributed by atoms with Crippen molar-refractivity contribution in [2.75, 3.05) is 0 Å². The van der Waals surface area contributed by atoms with E-state index in [1.165, 1.54) is 0 Å². The van der Waals surface area contributed by atoms with Crippen molar-refractivity contribution in [1.29, 1.82) is 0 Å². The van der Waals surface area contributed by atoms with Crippen LogP contribution in [-0.2, 0) is 9.53 Å². The molecule has 1 amide bonds. The third-order valence-electron chi connectivity index (χ3n) is 2.78. The van der Waals surface area contributed by atoms with E-state index < -0.39 is 30.5 Å². The molecule has 0 spiro atoms. The van der Waals surface area contributed by atoms with Crippen molar-refractivity contribution < 1.29 is 27.8 Å². The van der Waals surface area contributed by atoms with Crippen molar-refractivity contribution in [2.24, 2.45) is 5.92 Å². The highest BCUT2D eigenvalue weighted by molar-refractivity contribution is 5.81. The van der Waals surface area contributed by atoms with Crippen molar-refractivity contribution in [3.05, 3.63) is 0 Å². The minimum Gasteiger partial charge on any atom is -0.368 e. The molecule has 4 unspecified atom stereocenters. The summed E-state index contributed by atoms with van der Waals surface area (Å²) in [6.07, 6.45) is -6.47. The Morgan fingerprint density at radius 2 is 2.00 bits per heavy atom. The van der Waals surface area contributed by atoms with Gasteiger partial charge in [0.25, 0.3) is 0 Å². The second-order valence-corrected chi connectivity index (χ2v) is 3.97. The lowest BCUT2D eigenvalue weighted by Crippen LogP contribution is -2.53. The van der Waals surface area contributed by atoms with Crippen molar-refractivity contribution in [1.82, 2.24) is 5.32 Å². The van der Waals surface area contributed by atoms with Crippen LogP contribution in [0.4, 0.5) is 13.2 Å². The Morgan fingerprint density at radius 3 is 2.50 bits per heavy atom. The fourth-order valence-electron chi connectivity index (χ4n) is 1.63. The second kappa shape index (κ2) is 4.58. The molecular weight excluding hydrogens is 227 g/mol. The lowest BCUT2D eigenvalue weighted by molar-refractivity contribution is -0.192. The predicted molar refractivity (Wildman–Crippen MR) is 48.3 cm³/mol.